The summed E-state index contributed by atoms with van der Waals surface area (Å²) in [5.41, 5.74) is 1.53. The van der Waals surface area contributed by atoms with Crippen molar-refractivity contribution in [1.82, 2.24) is 9.62 Å². The van der Waals surface area contributed by atoms with Crippen molar-refractivity contribution in [3.63, 3.8) is 0 Å². The summed E-state index contributed by atoms with van der Waals surface area (Å²) < 4.78 is 26.8. The van der Waals surface area contributed by atoms with Crippen LogP contribution in [0.15, 0.2) is 23.1 Å². The molecule has 6 heteroatoms. The first-order valence-electron chi connectivity index (χ1n) is 6.66. The first-order valence-corrected chi connectivity index (χ1v) is 8.14. The summed E-state index contributed by atoms with van der Waals surface area (Å²) in [6.45, 7) is 8.22. The van der Waals surface area contributed by atoms with Crippen LogP contribution in [0.1, 0.15) is 25.0 Å². The number of hydrogen-bond acceptors (Lipinski definition) is 3. The van der Waals surface area contributed by atoms with Crippen LogP contribution in [0.4, 0.5) is 0 Å². The number of sulfonamides is 1. The minimum absolute atomic E-state index is 0.211. The Morgan fingerprint density at radius 3 is 2.35 bits per heavy atom. The van der Waals surface area contributed by atoms with Gasteiger partial charge in [-0.25, -0.2) is 13.1 Å². The SMILES string of the molecule is CCN(CC)C(=O)CNS(=O)(=O)c1cc(C)ccc1C. The van der Waals surface area contributed by atoms with Crippen LogP contribution in [-0.2, 0) is 14.8 Å². The zero-order chi connectivity index (χ0) is 15.3. The molecule has 20 heavy (non-hydrogen) atoms. The Bertz CT molecular complexity index is 578. The van der Waals surface area contributed by atoms with Gasteiger partial charge in [0.25, 0.3) is 0 Å². The number of carbonyl (C=O) groups excluding carboxylic acids is 1. The summed E-state index contributed by atoms with van der Waals surface area (Å²) in [5.74, 6) is -0.219. The van der Waals surface area contributed by atoms with Gasteiger partial charge in [0.2, 0.25) is 15.9 Å². The van der Waals surface area contributed by atoms with E-state index in [1.807, 2.05) is 26.8 Å². The predicted molar refractivity (Wildman–Crippen MR) is 79.0 cm³/mol. The Morgan fingerprint density at radius 2 is 1.80 bits per heavy atom. The van der Waals surface area contributed by atoms with E-state index in [0.717, 1.165) is 5.56 Å². The summed E-state index contributed by atoms with van der Waals surface area (Å²) in [7, 11) is -3.66. The number of carbonyl (C=O) groups is 1. The average molecular weight is 298 g/mol. The molecule has 0 aromatic heterocycles. The summed E-state index contributed by atoms with van der Waals surface area (Å²) in [6, 6.07) is 5.23. The first kappa shape index (κ1) is 16.7. The van der Waals surface area contributed by atoms with E-state index in [0.29, 0.717) is 18.7 Å². The molecule has 0 atom stereocenters. The van der Waals surface area contributed by atoms with E-state index in [1.165, 1.54) is 0 Å². The van der Waals surface area contributed by atoms with Gasteiger partial charge in [-0.3, -0.25) is 4.79 Å². The molecule has 0 bridgehead atoms. The zero-order valence-electron chi connectivity index (χ0n) is 12.4. The number of likely N-dealkylation sites (N-methyl/N-ethyl adjacent to an activating group) is 1. The zero-order valence-corrected chi connectivity index (χ0v) is 13.3. The molecule has 0 unspecified atom stereocenters. The lowest BCUT2D eigenvalue weighted by atomic mass is 10.2. The molecule has 1 amide bonds. The van der Waals surface area contributed by atoms with E-state index in [4.69, 9.17) is 0 Å². The fourth-order valence-corrected chi connectivity index (χ4v) is 3.22. The molecule has 0 saturated carbocycles. The minimum Gasteiger partial charge on any atom is -0.342 e. The van der Waals surface area contributed by atoms with Crippen molar-refractivity contribution in [3.05, 3.63) is 29.3 Å². The molecule has 1 aromatic carbocycles. The van der Waals surface area contributed by atoms with Crippen LogP contribution in [0.3, 0.4) is 0 Å². The molecule has 0 aliphatic rings. The van der Waals surface area contributed by atoms with Gasteiger partial charge in [-0.15, -0.1) is 0 Å². The maximum Gasteiger partial charge on any atom is 0.241 e. The molecule has 1 aromatic rings. The van der Waals surface area contributed by atoms with Crippen LogP contribution in [0, 0.1) is 13.8 Å². The van der Waals surface area contributed by atoms with Crippen LogP contribution < -0.4 is 4.72 Å². The third kappa shape index (κ3) is 4.05. The van der Waals surface area contributed by atoms with E-state index in [1.54, 1.807) is 24.0 Å². The van der Waals surface area contributed by atoms with Crippen LogP contribution >= 0.6 is 0 Å². The van der Waals surface area contributed by atoms with Gasteiger partial charge in [0.05, 0.1) is 11.4 Å². The number of benzene rings is 1. The second kappa shape index (κ2) is 6.85. The molecule has 1 rings (SSSR count). The fourth-order valence-electron chi connectivity index (χ4n) is 1.92. The lowest BCUT2D eigenvalue weighted by Gasteiger charge is -2.19. The smallest absolute Gasteiger partial charge is 0.241 e. The lowest BCUT2D eigenvalue weighted by molar-refractivity contribution is -0.129. The van der Waals surface area contributed by atoms with Gasteiger partial charge < -0.3 is 4.90 Å². The Labute approximate surface area is 121 Å². The third-order valence-electron chi connectivity index (χ3n) is 3.16. The molecular formula is C14H22N2O3S. The minimum atomic E-state index is -3.66. The largest absolute Gasteiger partial charge is 0.342 e. The fraction of sp³-hybridized carbons (Fsp3) is 0.500. The molecule has 0 aliphatic heterocycles. The van der Waals surface area contributed by atoms with E-state index in [2.05, 4.69) is 4.72 Å². The monoisotopic (exact) mass is 298 g/mol. The second-order valence-corrected chi connectivity index (χ2v) is 6.39. The highest BCUT2D eigenvalue weighted by molar-refractivity contribution is 7.89. The van der Waals surface area contributed by atoms with Crippen LogP contribution in [0.25, 0.3) is 0 Å². The molecule has 112 valence electrons. The quantitative estimate of drug-likeness (QED) is 0.864. The van der Waals surface area contributed by atoms with E-state index in [-0.39, 0.29) is 17.3 Å². The Hall–Kier alpha value is -1.40. The topological polar surface area (TPSA) is 66.5 Å². The maximum atomic E-state index is 12.2. The summed E-state index contributed by atoms with van der Waals surface area (Å²) in [5, 5.41) is 0. The highest BCUT2D eigenvalue weighted by atomic mass is 32.2. The number of hydrogen-bond donors (Lipinski definition) is 1. The van der Waals surface area contributed by atoms with Gasteiger partial charge in [-0.1, -0.05) is 12.1 Å². The molecule has 1 N–H and O–H groups in total. The number of rotatable bonds is 6. The molecule has 0 radical (unpaired) electrons. The van der Waals surface area contributed by atoms with Gasteiger partial charge >= 0.3 is 0 Å². The summed E-state index contributed by atoms with van der Waals surface area (Å²) >= 11 is 0. The van der Waals surface area contributed by atoms with Crippen LogP contribution in [-0.4, -0.2) is 38.9 Å². The first-order chi connectivity index (χ1) is 9.31. The van der Waals surface area contributed by atoms with Crippen LogP contribution in [0.5, 0.6) is 0 Å². The molecule has 0 saturated heterocycles. The highest BCUT2D eigenvalue weighted by Gasteiger charge is 2.19. The maximum absolute atomic E-state index is 12.2. The molecule has 0 heterocycles. The van der Waals surface area contributed by atoms with Gasteiger partial charge in [-0.05, 0) is 44.9 Å². The van der Waals surface area contributed by atoms with Crippen LogP contribution in [0.2, 0.25) is 0 Å². The van der Waals surface area contributed by atoms with Crippen molar-refractivity contribution < 1.29 is 13.2 Å². The summed E-state index contributed by atoms with van der Waals surface area (Å²) in [4.78, 5) is 13.6. The number of nitrogens with one attached hydrogen (secondary N) is 1. The number of nitrogens with zero attached hydrogens (tertiary/aromatic N) is 1. The van der Waals surface area contributed by atoms with E-state index < -0.39 is 10.0 Å². The molecule has 0 spiro atoms. The molecule has 0 aliphatic carbocycles. The lowest BCUT2D eigenvalue weighted by Crippen LogP contribution is -2.40. The van der Waals surface area contributed by atoms with Crippen molar-refractivity contribution in [2.75, 3.05) is 19.6 Å². The van der Waals surface area contributed by atoms with Gasteiger partial charge in [-0.2, -0.15) is 0 Å². The van der Waals surface area contributed by atoms with Gasteiger partial charge in [0.1, 0.15) is 0 Å². The van der Waals surface area contributed by atoms with Gasteiger partial charge in [0.15, 0.2) is 0 Å². The summed E-state index contributed by atoms with van der Waals surface area (Å²) in [6.07, 6.45) is 0. The van der Waals surface area contributed by atoms with Crippen molar-refractivity contribution >= 4 is 15.9 Å². The van der Waals surface area contributed by atoms with E-state index >= 15 is 0 Å². The number of amides is 1. The molecule has 0 fully saturated rings. The highest BCUT2D eigenvalue weighted by Crippen LogP contribution is 2.16. The Morgan fingerprint density at radius 1 is 1.20 bits per heavy atom. The van der Waals surface area contributed by atoms with Gasteiger partial charge in [0, 0.05) is 13.1 Å². The molecular weight excluding hydrogens is 276 g/mol. The average Bonchev–Trinajstić information content (AvgIpc) is 2.40. The van der Waals surface area contributed by atoms with Crippen molar-refractivity contribution in [2.45, 2.75) is 32.6 Å². The molecule has 5 nitrogen and oxygen atoms in total. The van der Waals surface area contributed by atoms with Crippen molar-refractivity contribution in [3.8, 4) is 0 Å². The Kier molecular flexibility index (Phi) is 5.71. The predicted octanol–water partition coefficient (Wildman–Crippen LogP) is 1.45. The third-order valence-corrected chi connectivity index (χ3v) is 4.71. The standard InChI is InChI=1S/C14H22N2O3S/c1-5-16(6-2)14(17)10-15-20(18,19)13-9-11(3)7-8-12(13)4/h7-9,15H,5-6,10H2,1-4H3. The normalized spacial score (nSPS) is 11.4. The van der Waals surface area contributed by atoms with Crippen molar-refractivity contribution in [1.29, 1.82) is 0 Å². The van der Waals surface area contributed by atoms with E-state index in [9.17, 15) is 13.2 Å². The number of aryl methyl sites for hydroxylation is 2. The Balaban J connectivity index is 2.86. The van der Waals surface area contributed by atoms with Crippen molar-refractivity contribution in [2.24, 2.45) is 0 Å². The second-order valence-electron chi connectivity index (χ2n) is 4.66.